The molecule has 0 atom stereocenters. The number of fused-ring (bicyclic) bond motifs is 2. The first-order valence-corrected chi connectivity index (χ1v) is 10.7. The van der Waals surface area contributed by atoms with Gasteiger partial charge in [-0.1, -0.05) is 32.0 Å². The van der Waals surface area contributed by atoms with Crippen molar-refractivity contribution in [3.63, 3.8) is 0 Å². The van der Waals surface area contributed by atoms with Crippen molar-refractivity contribution in [2.75, 3.05) is 25.6 Å². The average molecular weight is 437 g/mol. The van der Waals surface area contributed by atoms with Crippen LogP contribution in [-0.2, 0) is 19.5 Å². The summed E-state index contributed by atoms with van der Waals surface area (Å²) in [4.78, 5) is 35.4. The molecule has 32 heavy (non-hydrogen) atoms. The predicted molar refractivity (Wildman–Crippen MR) is 124 cm³/mol. The molecule has 1 aromatic heterocycles. The third kappa shape index (κ3) is 4.00. The first-order chi connectivity index (χ1) is 15.3. The molecular weight excluding hydrogens is 408 g/mol. The molecule has 1 amide bonds. The van der Waals surface area contributed by atoms with Crippen LogP contribution in [0, 0.1) is 0 Å². The van der Waals surface area contributed by atoms with Crippen LogP contribution in [0.3, 0.4) is 0 Å². The SMILES string of the molecule is COc1cc(C(C)C)c2c(=O)[nH]c(N3CCc4c(CN(C)C(=O)O)cccc4C3)nc2c1. The molecule has 1 aliphatic rings. The molecular formula is C24H28N4O4. The summed E-state index contributed by atoms with van der Waals surface area (Å²) in [6.07, 6.45) is -0.204. The first-order valence-electron chi connectivity index (χ1n) is 10.7. The van der Waals surface area contributed by atoms with E-state index < -0.39 is 6.09 Å². The summed E-state index contributed by atoms with van der Waals surface area (Å²) in [6.45, 7) is 5.71. The quantitative estimate of drug-likeness (QED) is 0.632. The van der Waals surface area contributed by atoms with E-state index in [1.807, 2.05) is 38.1 Å². The molecule has 4 rings (SSSR count). The second-order valence-electron chi connectivity index (χ2n) is 8.52. The maximum atomic E-state index is 13.0. The van der Waals surface area contributed by atoms with Gasteiger partial charge in [-0.25, -0.2) is 9.78 Å². The fraction of sp³-hybridized carbons (Fsp3) is 0.375. The van der Waals surface area contributed by atoms with Gasteiger partial charge in [0, 0.05) is 32.7 Å². The molecule has 0 aliphatic carbocycles. The Bertz CT molecular complexity index is 1230. The van der Waals surface area contributed by atoms with Gasteiger partial charge in [-0.05, 0) is 40.7 Å². The maximum Gasteiger partial charge on any atom is 0.407 e. The van der Waals surface area contributed by atoms with Crippen LogP contribution in [0.4, 0.5) is 10.7 Å². The summed E-state index contributed by atoms with van der Waals surface area (Å²) in [6, 6.07) is 9.67. The molecule has 0 spiro atoms. The molecule has 0 saturated carbocycles. The van der Waals surface area contributed by atoms with Crippen molar-refractivity contribution in [1.82, 2.24) is 14.9 Å². The van der Waals surface area contributed by atoms with E-state index in [0.717, 1.165) is 23.1 Å². The van der Waals surface area contributed by atoms with Gasteiger partial charge in [-0.15, -0.1) is 0 Å². The van der Waals surface area contributed by atoms with E-state index in [1.165, 1.54) is 10.5 Å². The fourth-order valence-electron chi connectivity index (χ4n) is 4.33. The van der Waals surface area contributed by atoms with Gasteiger partial charge in [0.05, 0.1) is 18.0 Å². The smallest absolute Gasteiger partial charge is 0.407 e. The van der Waals surface area contributed by atoms with Crippen molar-refractivity contribution >= 4 is 22.9 Å². The molecule has 8 heteroatoms. The molecule has 0 fully saturated rings. The van der Waals surface area contributed by atoms with Gasteiger partial charge in [-0.3, -0.25) is 9.78 Å². The number of carbonyl (C=O) groups is 1. The number of methoxy groups -OCH3 is 1. The van der Waals surface area contributed by atoms with E-state index in [9.17, 15) is 14.7 Å². The summed E-state index contributed by atoms with van der Waals surface area (Å²) in [5, 5.41) is 9.81. The van der Waals surface area contributed by atoms with E-state index >= 15 is 0 Å². The lowest BCUT2D eigenvalue weighted by Crippen LogP contribution is -2.34. The monoisotopic (exact) mass is 436 g/mol. The van der Waals surface area contributed by atoms with Gasteiger partial charge in [0.2, 0.25) is 5.95 Å². The number of anilines is 1. The zero-order chi connectivity index (χ0) is 23.0. The Kier molecular flexibility index (Phi) is 5.78. The third-order valence-corrected chi connectivity index (χ3v) is 6.05. The normalized spacial score (nSPS) is 13.3. The number of aromatic amines is 1. The Labute approximate surface area is 186 Å². The minimum atomic E-state index is -0.950. The zero-order valence-corrected chi connectivity index (χ0v) is 18.8. The van der Waals surface area contributed by atoms with Gasteiger partial charge >= 0.3 is 6.09 Å². The van der Waals surface area contributed by atoms with Crippen molar-refractivity contribution in [3.05, 3.63) is 62.9 Å². The molecule has 2 aromatic carbocycles. The van der Waals surface area contributed by atoms with Crippen LogP contribution in [0.5, 0.6) is 5.75 Å². The van der Waals surface area contributed by atoms with Crippen LogP contribution in [0.15, 0.2) is 35.1 Å². The Morgan fingerprint density at radius 1 is 1.34 bits per heavy atom. The number of nitrogens with one attached hydrogen (secondary N) is 1. The van der Waals surface area contributed by atoms with Crippen molar-refractivity contribution in [2.24, 2.45) is 0 Å². The van der Waals surface area contributed by atoms with E-state index in [0.29, 0.717) is 42.2 Å². The second-order valence-corrected chi connectivity index (χ2v) is 8.52. The highest BCUT2D eigenvalue weighted by molar-refractivity contribution is 5.84. The second kappa shape index (κ2) is 8.53. The van der Waals surface area contributed by atoms with Crippen LogP contribution < -0.4 is 15.2 Å². The number of amides is 1. The number of aromatic nitrogens is 2. The van der Waals surface area contributed by atoms with E-state index in [-0.39, 0.29) is 11.5 Å². The summed E-state index contributed by atoms with van der Waals surface area (Å²) in [5.74, 6) is 1.37. The van der Waals surface area contributed by atoms with Crippen LogP contribution in [0.25, 0.3) is 10.9 Å². The Morgan fingerprint density at radius 2 is 2.12 bits per heavy atom. The molecule has 0 radical (unpaired) electrons. The number of rotatable bonds is 5. The molecule has 0 unspecified atom stereocenters. The number of hydrogen-bond acceptors (Lipinski definition) is 5. The van der Waals surface area contributed by atoms with E-state index in [4.69, 9.17) is 9.72 Å². The van der Waals surface area contributed by atoms with Crippen molar-refractivity contribution < 1.29 is 14.6 Å². The number of ether oxygens (including phenoxy) is 1. The number of benzene rings is 2. The third-order valence-electron chi connectivity index (χ3n) is 6.05. The summed E-state index contributed by atoms with van der Waals surface area (Å²) in [7, 11) is 3.18. The molecule has 1 aliphatic heterocycles. The van der Waals surface area contributed by atoms with Crippen LogP contribution in [0.1, 0.15) is 42.0 Å². The van der Waals surface area contributed by atoms with Gasteiger partial charge in [-0.2, -0.15) is 0 Å². The predicted octanol–water partition coefficient (Wildman–Crippen LogP) is 3.73. The van der Waals surface area contributed by atoms with Crippen LogP contribution in [0.2, 0.25) is 0 Å². The molecule has 168 valence electrons. The number of H-pyrrole nitrogens is 1. The van der Waals surface area contributed by atoms with Crippen molar-refractivity contribution in [3.8, 4) is 5.75 Å². The lowest BCUT2D eigenvalue weighted by molar-refractivity contribution is 0.153. The number of nitrogens with zero attached hydrogens (tertiary/aromatic N) is 3. The van der Waals surface area contributed by atoms with Gasteiger partial charge in [0.1, 0.15) is 5.75 Å². The van der Waals surface area contributed by atoms with Crippen molar-refractivity contribution in [1.29, 1.82) is 0 Å². The van der Waals surface area contributed by atoms with Gasteiger partial charge in [0.25, 0.3) is 5.56 Å². The molecule has 8 nitrogen and oxygen atoms in total. The highest BCUT2D eigenvalue weighted by atomic mass is 16.5. The highest BCUT2D eigenvalue weighted by Gasteiger charge is 2.23. The minimum Gasteiger partial charge on any atom is -0.497 e. The van der Waals surface area contributed by atoms with Crippen LogP contribution in [-0.4, -0.2) is 46.8 Å². The highest BCUT2D eigenvalue weighted by Crippen LogP contribution is 2.30. The summed E-state index contributed by atoms with van der Waals surface area (Å²) < 4.78 is 5.43. The summed E-state index contributed by atoms with van der Waals surface area (Å²) >= 11 is 0. The lowest BCUT2D eigenvalue weighted by atomic mass is 9.94. The first kappa shape index (κ1) is 21.7. The fourth-order valence-corrected chi connectivity index (χ4v) is 4.33. The lowest BCUT2D eigenvalue weighted by Gasteiger charge is -2.31. The number of carboxylic acid groups (broad SMARTS) is 1. The molecule has 2 N–H and O–H groups in total. The molecule has 0 saturated heterocycles. The largest absolute Gasteiger partial charge is 0.497 e. The maximum absolute atomic E-state index is 13.0. The zero-order valence-electron chi connectivity index (χ0n) is 18.8. The van der Waals surface area contributed by atoms with Crippen molar-refractivity contribution in [2.45, 2.75) is 39.3 Å². The topological polar surface area (TPSA) is 98.8 Å². The Balaban J connectivity index is 1.70. The average Bonchev–Trinajstić information content (AvgIpc) is 2.77. The van der Waals surface area contributed by atoms with E-state index in [1.54, 1.807) is 20.2 Å². The molecule has 2 heterocycles. The number of hydrogen-bond donors (Lipinski definition) is 2. The molecule has 0 bridgehead atoms. The Hall–Kier alpha value is -3.55. The van der Waals surface area contributed by atoms with Gasteiger partial charge < -0.3 is 19.6 Å². The van der Waals surface area contributed by atoms with E-state index in [2.05, 4.69) is 9.88 Å². The van der Waals surface area contributed by atoms with Crippen LogP contribution >= 0.6 is 0 Å². The Morgan fingerprint density at radius 3 is 2.81 bits per heavy atom. The summed E-state index contributed by atoms with van der Waals surface area (Å²) in [5.41, 5.74) is 4.68. The minimum absolute atomic E-state index is 0.154. The van der Waals surface area contributed by atoms with Gasteiger partial charge in [0.15, 0.2) is 0 Å². The molecule has 3 aromatic rings. The standard InChI is InChI=1S/C24H28N4O4/c1-14(2)19-10-17(32-4)11-20-21(19)22(29)26-23(25-20)28-9-8-18-15(12-27(3)24(30)31)6-5-7-16(18)13-28/h5-7,10-11,14H,8-9,12-13H2,1-4H3,(H,30,31)(H,25,26,29).